The normalized spacial score (nSPS) is 14.4. The van der Waals surface area contributed by atoms with Crippen LogP contribution in [-0.4, -0.2) is 25.0 Å². The van der Waals surface area contributed by atoms with Gasteiger partial charge in [-0.25, -0.2) is 0 Å². The van der Waals surface area contributed by atoms with E-state index in [1.807, 2.05) is 0 Å². The monoisotopic (exact) mass is 268 g/mol. The van der Waals surface area contributed by atoms with Crippen molar-refractivity contribution in [3.63, 3.8) is 0 Å². The van der Waals surface area contributed by atoms with Crippen molar-refractivity contribution in [3.8, 4) is 0 Å². The number of nitrogens with one attached hydrogen (secondary N) is 2. The van der Waals surface area contributed by atoms with Crippen LogP contribution in [0, 0.1) is 0 Å². The first-order chi connectivity index (χ1) is 9.83. The Morgan fingerprint density at radius 3 is 2.75 bits per heavy atom. The molecule has 3 nitrogen and oxygen atoms in total. The zero-order valence-electron chi connectivity index (χ0n) is 11.6. The standard InChI is InChI=1S/C17H20N2O/c20-17(12-19-15-8-9-15)18-11-10-14-6-3-5-13-4-1-2-7-16(13)14/h1-7,15,19H,8-12H2,(H,18,20). The van der Waals surface area contributed by atoms with Crippen LogP contribution in [0.15, 0.2) is 42.5 Å². The molecule has 0 unspecified atom stereocenters. The summed E-state index contributed by atoms with van der Waals surface area (Å²) in [4.78, 5) is 11.7. The summed E-state index contributed by atoms with van der Waals surface area (Å²) >= 11 is 0. The van der Waals surface area contributed by atoms with E-state index in [2.05, 4.69) is 53.1 Å². The lowest BCUT2D eigenvalue weighted by molar-refractivity contribution is -0.120. The summed E-state index contributed by atoms with van der Waals surface area (Å²) in [5.41, 5.74) is 1.29. The third-order valence-electron chi connectivity index (χ3n) is 3.73. The van der Waals surface area contributed by atoms with Crippen molar-refractivity contribution in [1.29, 1.82) is 0 Å². The van der Waals surface area contributed by atoms with Gasteiger partial charge in [-0.1, -0.05) is 42.5 Å². The Hall–Kier alpha value is -1.87. The van der Waals surface area contributed by atoms with E-state index in [0.717, 1.165) is 6.42 Å². The second kappa shape index (κ2) is 6.06. The first-order valence-corrected chi connectivity index (χ1v) is 7.29. The van der Waals surface area contributed by atoms with Gasteiger partial charge in [0.25, 0.3) is 0 Å². The molecule has 3 rings (SSSR count). The summed E-state index contributed by atoms with van der Waals surface area (Å²) in [6.07, 6.45) is 3.29. The molecular weight excluding hydrogens is 248 g/mol. The molecule has 2 aromatic carbocycles. The molecule has 0 heterocycles. The molecule has 3 heteroatoms. The lowest BCUT2D eigenvalue weighted by atomic mass is 10.0. The Bertz CT molecular complexity index is 599. The lowest BCUT2D eigenvalue weighted by Gasteiger charge is -2.08. The molecule has 0 saturated heterocycles. The Labute approximate surface area is 119 Å². The molecule has 1 amide bonds. The van der Waals surface area contributed by atoms with Gasteiger partial charge in [0.2, 0.25) is 5.91 Å². The van der Waals surface area contributed by atoms with Crippen LogP contribution in [0.5, 0.6) is 0 Å². The smallest absolute Gasteiger partial charge is 0.233 e. The predicted octanol–water partition coefficient (Wildman–Crippen LogP) is 2.25. The van der Waals surface area contributed by atoms with Crippen LogP contribution >= 0.6 is 0 Å². The van der Waals surface area contributed by atoms with E-state index >= 15 is 0 Å². The Morgan fingerprint density at radius 1 is 1.10 bits per heavy atom. The maximum Gasteiger partial charge on any atom is 0.233 e. The molecule has 20 heavy (non-hydrogen) atoms. The molecule has 0 aliphatic heterocycles. The fourth-order valence-corrected chi connectivity index (χ4v) is 2.43. The van der Waals surface area contributed by atoms with Crippen LogP contribution in [0.4, 0.5) is 0 Å². The highest BCUT2D eigenvalue weighted by molar-refractivity contribution is 5.85. The summed E-state index contributed by atoms with van der Waals surface area (Å²) in [6.45, 7) is 1.14. The van der Waals surface area contributed by atoms with Crippen molar-refractivity contribution < 1.29 is 4.79 Å². The van der Waals surface area contributed by atoms with E-state index in [1.165, 1.54) is 29.2 Å². The van der Waals surface area contributed by atoms with Crippen LogP contribution in [-0.2, 0) is 11.2 Å². The molecule has 0 radical (unpaired) electrons. The zero-order valence-corrected chi connectivity index (χ0v) is 11.6. The van der Waals surface area contributed by atoms with E-state index in [4.69, 9.17) is 0 Å². The molecule has 0 atom stereocenters. The first-order valence-electron chi connectivity index (χ1n) is 7.29. The minimum absolute atomic E-state index is 0.0946. The second-order valence-corrected chi connectivity index (χ2v) is 5.39. The average Bonchev–Trinajstić information content (AvgIpc) is 3.30. The zero-order chi connectivity index (χ0) is 13.8. The molecule has 2 N–H and O–H groups in total. The summed E-state index contributed by atoms with van der Waals surface area (Å²) in [5, 5.41) is 8.73. The molecule has 0 bridgehead atoms. The Morgan fingerprint density at radius 2 is 1.90 bits per heavy atom. The minimum atomic E-state index is 0.0946. The van der Waals surface area contributed by atoms with E-state index in [0.29, 0.717) is 19.1 Å². The van der Waals surface area contributed by atoms with Crippen molar-refractivity contribution in [2.24, 2.45) is 0 Å². The van der Waals surface area contributed by atoms with E-state index in [-0.39, 0.29) is 5.91 Å². The number of carbonyl (C=O) groups is 1. The molecule has 1 fully saturated rings. The summed E-state index contributed by atoms with van der Waals surface area (Å²) in [5.74, 6) is 0.0946. The third-order valence-corrected chi connectivity index (χ3v) is 3.73. The number of rotatable bonds is 6. The molecule has 104 valence electrons. The van der Waals surface area contributed by atoms with Gasteiger partial charge in [-0.3, -0.25) is 4.79 Å². The highest BCUT2D eigenvalue weighted by Gasteiger charge is 2.20. The molecule has 0 aromatic heterocycles. The number of fused-ring (bicyclic) bond motifs is 1. The molecule has 1 saturated carbocycles. The van der Waals surface area contributed by atoms with Gasteiger partial charge in [-0.05, 0) is 35.6 Å². The van der Waals surface area contributed by atoms with Gasteiger partial charge < -0.3 is 10.6 Å². The number of hydrogen-bond acceptors (Lipinski definition) is 2. The first kappa shape index (κ1) is 13.1. The fourth-order valence-electron chi connectivity index (χ4n) is 2.43. The van der Waals surface area contributed by atoms with Gasteiger partial charge >= 0.3 is 0 Å². The quantitative estimate of drug-likeness (QED) is 0.843. The summed E-state index contributed by atoms with van der Waals surface area (Å²) < 4.78 is 0. The van der Waals surface area contributed by atoms with Gasteiger partial charge in [0.1, 0.15) is 0 Å². The average molecular weight is 268 g/mol. The second-order valence-electron chi connectivity index (χ2n) is 5.39. The molecule has 1 aliphatic rings. The highest BCUT2D eigenvalue weighted by Crippen LogP contribution is 2.19. The fraction of sp³-hybridized carbons (Fsp3) is 0.353. The van der Waals surface area contributed by atoms with E-state index in [9.17, 15) is 4.79 Å². The molecular formula is C17H20N2O. The number of hydrogen-bond donors (Lipinski definition) is 2. The highest BCUT2D eigenvalue weighted by atomic mass is 16.1. The lowest BCUT2D eigenvalue weighted by Crippen LogP contribution is -2.35. The van der Waals surface area contributed by atoms with Crippen LogP contribution in [0.1, 0.15) is 18.4 Å². The van der Waals surface area contributed by atoms with Gasteiger partial charge in [0, 0.05) is 12.6 Å². The van der Waals surface area contributed by atoms with Gasteiger partial charge in [0.05, 0.1) is 6.54 Å². The molecule has 0 spiro atoms. The van der Waals surface area contributed by atoms with Gasteiger partial charge in [-0.15, -0.1) is 0 Å². The largest absolute Gasteiger partial charge is 0.355 e. The topological polar surface area (TPSA) is 41.1 Å². The number of amides is 1. The van der Waals surface area contributed by atoms with E-state index < -0.39 is 0 Å². The van der Waals surface area contributed by atoms with Crippen LogP contribution in [0.25, 0.3) is 10.8 Å². The van der Waals surface area contributed by atoms with Crippen LogP contribution in [0.3, 0.4) is 0 Å². The summed E-state index contributed by atoms with van der Waals surface area (Å²) in [7, 11) is 0. The molecule has 1 aliphatic carbocycles. The van der Waals surface area contributed by atoms with E-state index in [1.54, 1.807) is 0 Å². The van der Waals surface area contributed by atoms with Crippen molar-refractivity contribution in [2.45, 2.75) is 25.3 Å². The van der Waals surface area contributed by atoms with Crippen molar-refractivity contribution in [3.05, 3.63) is 48.0 Å². The third kappa shape index (κ3) is 3.36. The SMILES string of the molecule is O=C(CNC1CC1)NCCc1cccc2ccccc12. The van der Waals surface area contributed by atoms with Gasteiger partial charge in [0.15, 0.2) is 0 Å². The van der Waals surface area contributed by atoms with Crippen molar-refractivity contribution >= 4 is 16.7 Å². The number of carbonyl (C=O) groups excluding carboxylic acids is 1. The van der Waals surface area contributed by atoms with Crippen molar-refractivity contribution in [1.82, 2.24) is 10.6 Å². The maximum atomic E-state index is 11.7. The van der Waals surface area contributed by atoms with Crippen LogP contribution < -0.4 is 10.6 Å². The number of benzene rings is 2. The maximum absolute atomic E-state index is 11.7. The van der Waals surface area contributed by atoms with Crippen molar-refractivity contribution in [2.75, 3.05) is 13.1 Å². The van der Waals surface area contributed by atoms with Crippen LogP contribution in [0.2, 0.25) is 0 Å². The summed E-state index contributed by atoms with van der Waals surface area (Å²) in [6, 6.07) is 15.3. The molecule has 2 aromatic rings. The minimum Gasteiger partial charge on any atom is -0.355 e. The Kier molecular flexibility index (Phi) is 3.97. The predicted molar refractivity (Wildman–Crippen MR) is 81.7 cm³/mol. The Balaban J connectivity index is 1.52. The van der Waals surface area contributed by atoms with Gasteiger partial charge in [-0.2, -0.15) is 0 Å².